The maximum Gasteiger partial charge on any atom is 0.316 e. The fourth-order valence-corrected chi connectivity index (χ4v) is 2.90. The normalized spacial score (nSPS) is 21.4. The van der Waals surface area contributed by atoms with E-state index < -0.39 is 17.8 Å². The number of amides is 1. The highest BCUT2D eigenvalue weighted by Crippen LogP contribution is 2.23. The van der Waals surface area contributed by atoms with Crippen molar-refractivity contribution in [2.45, 2.75) is 43.9 Å². The summed E-state index contributed by atoms with van der Waals surface area (Å²) in [4.78, 5) is 19.7. The summed E-state index contributed by atoms with van der Waals surface area (Å²) in [5.41, 5.74) is 0.575. The van der Waals surface area contributed by atoms with Gasteiger partial charge >= 0.3 is 6.01 Å². The van der Waals surface area contributed by atoms with Crippen LogP contribution in [0.5, 0.6) is 6.01 Å². The highest BCUT2D eigenvalue weighted by atomic mass is 19.1. The van der Waals surface area contributed by atoms with Crippen LogP contribution in [0.4, 0.5) is 4.39 Å². The van der Waals surface area contributed by atoms with E-state index in [1.165, 1.54) is 0 Å². The molecule has 2 aromatic rings. The molecule has 1 aromatic carbocycles. The number of nitrogens with zero attached hydrogens (tertiary/aromatic N) is 2. The lowest BCUT2D eigenvalue weighted by atomic mass is 9.92. The van der Waals surface area contributed by atoms with Crippen molar-refractivity contribution < 1.29 is 19.0 Å². The molecule has 1 aliphatic carbocycles. The maximum absolute atomic E-state index is 12.8. The molecule has 1 aromatic heterocycles. The number of aromatic nitrogens is 2. The van der Waals surface area contributed by atoms with E-state index >= 15 is 0 Å². The van der Waals surface area contributed by atoms with Gasteiger partial charge in [0.1, 0.15) is 6.10 Å². The molecule has 0 bridgehead atoms. The molecule has 25 heavy (non-hydrogen) atoms. The monoisotopic (exact) mass is 345 g/mol. The molecule has 0 radical (unpaired) electrons. The highest BCUT2D eigenvalue weighted by Gasteiger charge is 2.26. The van der Waals surface area contributed by atoms with E-state index in [9.17, 15) is 14.3 Å². The average Bonchev–Trinajstić information content (AvgIpc) is 2.65. The summed E-state index contributed by atoms with van der Waals surface area (Å²) in [6.07, 6.45) is 3.84. The predicted octanol–water partition coefficient (Wildman–Crippen LogP) is 2.16. The standard InChI is InChI=1S/C18H20FN3O3/c19-13-10-20-18(21-11-13)25-15-8-6-14(7-9-15)22-17(24)16(23)12-4-2-1-3-5-12/h1-5,10-11,14-16,23H,6-9H2,(H,22,24)/t14?,15?,16-/m1/s1. The molecule has 7 heteroatoms. The molecule has 0 aliphatic heterocycles. The molecule has 0 spiro atoms. The Morgan fingerprint density at radius 2 is 1.80 bits per heavy atom. The third-order valence-corrected chi connectivity index (χ3v) is 4.25. The van der Waals surface area contributed by atoms with Gasteiger partial charge in [-0.05, 0) is 31.2 Å². The zero-order valence-electron chi connectivity index (χ0n) is 13.6. The molecule has 3 rings (SSSR count). The summed E-state index contributed by atoms with van der Waals surface area (Å²) in [5.74, 6) is -0.895. The number of benzene rings is 1. The quantitative estimate of drug-likeness (QED) is 0.867. The first kappa shape index (κ1) is 17.3. The van der Waals surface area contributed by atoms with Gasteiger partial charge in [-0.25, -0.2) is 14.4 Å². The molecule has 1 heterocycles. The Bertz CT molecular complexity index is 688. The minimum absolute atomic E-state index is 0.000140. The Hall–Kier alpha value is -2.54. The van der Waals surface area contributed by atoms with Crippen LogP contribution in [0.3, 0.4) is 0 Å². The Kier molecular flexibility index (Phi) is 5.55. The summed E-state index contributed by atoms with van der Waals surface area (Å²) in [6, 6.07) is 9.00. The van der Waals surface area contributed by atoms with Gasteiger partial charge < -0.3 is 15.2 Å². The maximum atomic E-state index is 12.8. The van der Waals surface area contributed by atoms with E-state index in [1.54, 1.807) is 24.3 Å². The molecule has 2 N–H and O–H groups in total. The van der Waals surface area contributed by atoms with Crippen molar-refractivity contribution in [1.29, 1.82) is 0 Å². The molecule has 1 fully saturated rings. The van der Waals surface area contributed by atoms with Crippen molar-refractivity contribution in [2.24, 2.45) is 0 Å². The van der Waals surface area contributed by atoms with Crippen molar-refractivity contribution in [3.8, 4) is 6.01 Å². The van der Waals surface area contributed by atoms with Gasteiger partial charge in [0.2, 0.25) is 0 Å². The largest absolute Gasteiger partial charge is 0.460 e. The van der Waals surface area contributed by atoms with Gasteiger partial charge in [-0.15, -0.1) is 0 Å². The van der Waals surface area contributed by atoms with Crippen LogP contribution >= 0.6 is 0 Å². The van der Waals surface area contributed by atoms with E-state index in [2.05, 4.69) is 15.3 Å². The first-order valence-corrected chi connectivity index (χ1v) is 8.29. The van der Waals surface area contributed by atoms with E-state index in [1.807, 2.05) is 6.07 Å². The Labute approximate surface area is 145 Å². The highest BCUT2D eigenvalue weighted by molar-refractivity contribution is 5.82. The van der Waals surface area contributed by atoms with Crippen molar-refractivity contribution in [2.75, 3.05) is 0 Å². The number of aliphatic hydroxyl groups excluding tert-OH is 1. The number of ether oxygens (including phenoxy) is 1. The number of aliphatic hydroxyl groups is 1. The second-order valence-electron chi connectivity index (χ2n) is 6.10. The Morgan fingerprint density at radius 3 is 2.44 bits per heavy atom. The van der Waals surface area contributed by atoms with Gasteiger partial charge in [-0.3, -0.25) is 4.79 Å². The van der Waals surface area contributed by atoms with Gasteiger partial charge in [-0.1, -0.05) is 30.3 Å². The van der Waals surface area contributed by atoms with Crippen LogP contribution in [0, 0.1) is 5.82 Å². The van der Waals surface area contributed by atoms with Crippen LogP contribution in [0.1, 0.15) is 37.4 Å². The van der Waals surface area contributed by atoms with Crippen molar-refractivity contribution in [1.82, 2.24) is 15.3 Å². The smallest absolute Gasteiger partial charge is 0.316 e. The van der Waals surface area contributed by atoms with E-state index in [4.69, 9.17) is 4.74 Å². The number of hydrogen-bond donors (Lipinski definition) is 2. The summed E-state index contributed by atoms with van der Waals surface area (Å²) >= 11 is 0. The second-order valence-corrected chi connectivity index (χ2v) is 6.10. The van der Waals surface area contributed by atoms with Crippen LogP contribution in [-0.2, 0) is 4.79 Å². The van der Waals surface area contributed by atoms with Gasteiger partial charge in [0, 0.05) is 6.04 Å². The van der Waals surface area contributed by atoms with E-state index in [0.29, 0.717) is 5.56 Å². The Morgan fingerprint density at radius 1 is 1.16 bits per heavy atom. The zero-order valence-corrected chi connectivity index (χ0v) is 13.6. The molecule has 6 nitrogen and oxygen atoms in total. The molecule has 0 unspecified atom stereocenters. The van der Waals surface area contributed by atoms with Gasteiger partial charge in [-0.2, -0.15) is 0 Å². The predicted molar refractivity (Wildman–Crippen MR) is 88.2 cm³/mol. The lowest BCUT2D eigenvalue weighted by molar-refractivity contribution is -0.130. The summed E-state index contributed by atoms with van der Waals surface area (Å²) in [7, 11) is 0. The van der Waals surface area contributed by atoms with Gasteiger partial charge in [0.25, 0.3) is 5.91 Å². The lowest BCUT2D eigenvalue weighted by Crippen LogP contribution is -2.41. The third-order valence-electron chi connectivity index (χ3n) is 4.25. The van der Waals surface area contributed by atoms with Crippen molar-refractivity contribution >= 4 is 5.91 Å². The molecule has 1 aliphatic rings. The van der Waals surface area contributed by atoms with E-state index in [0.717, 1.165) is 38.1 Å². The van der Waals surface area contributed by atoms with Crippen molar-refractivity contribution in [3.63, 3.8) is 0 Å². The number of carbonyl (C=O) groups excluding carboxylic acids is 1. The summed E-state index contributed by atoms with van der Waals surface area (Å²) in [5, 5.41) is 13.0. The molecular weight excluding hydrogens is 325 g/mol. The van der Waals surface area contributed by atoms with Crippen LogP contribution in [0.25, 0.3) is 0 Å². The summed E-state index contributed by atoms with van der Waals surface area (Å²) in [6.45, 7) is 0. The second kappa shape index (κ2) is 8.02. The SMILES string of the molecule is O=C(NC1CCC(Oc2ncc(F)cn2)CC1)[C@H](O)c1ccccc1. The van der Waals surface area contributed by atoms with Gasteiger partial charge in [0.05, 0.1) is 12.4 Å². The minimum atomic E-state index is -1.16. The number of carbonyl (C=O) groups is 1. The number of rotatable bonds is 5. The third kappa shape index (κ3) is 4.73. The summed E-state index contributed by atoms with van der Waals surface area (Å²) < 4.78 is 18.4. The van der Waals surface area contributed by atoms with Crippen LogP contribution in [0.2, 0.25) is 0 Å². The molecule has 1 atom stereocenters. The topological polar surface area (TPSA) is 84.3 Å². The molecule has 132 valence electrons. The van der Waals surface area contributed by atoms with Crippen LogP contribution < -0.4 is 10.1 Å². The first-order chi connectivity index (χ1) is 12.1. The molecule has 1 saturated carbocycles. The first-order valence-electron chi connectivity index (χ1n) is 8.29. The van der Waals surface area contributed by atoms with Crippen LogP contribution in [0.15, 0.2) is 42.7 Å². The fourth-order valence-electron chi connectivity index (χ4n) is 2.90. The molecular formula is C18H20FN3O3. The number of halogens is 1. The molecule has 1 amide bonds. The number of nitrogens with one attached hydrogen (secondary N) is 1. The fraction of sp³-hybridized carbons (Fsp3) is 0.389. The van der Waals surface area contributed by atoms with Gasteiger partial charge in [0.15, 0.2) is 11.9 Å². The van der Waals surface area contributed by atoms with Crippen molar-refractivity contribution in [3.05, 3.63) is 54.1 Å². The van der Waals surface area contributed by atoms with E-state index in [-0.39, 0.29) is 18.2 Å². The minimum Gasteiger partial charge on any atom is -0.460 e. The Balaban J connectivity index is 1.46. The number of hydrogen-bond acceptors (Lipinski definition) is 5. The average molecular weight is 345 g/mol. The molecule has 0 saturated heterocycles. The van der Waals surface area contributed by atoms with Crippen LogP contribution in [-0.4, -0.2) is 33.1 Å². The lowest BCUT2D eigenvalue weighted by Gasteiger charge is -2.29. The zero-order chi connectivity index (χ0) is 17.6.